The molecule has 100 valence electrons. The van der Waals surface area contributed by atoms with E-state index >= 15 is 0 Å². The van der Waals surface area contributed by atoms with E-state index in [2.05, 4.69) is 24.0 Å². The van der Waals surface area contributed by atoms with Gasteiger partial charge in [0.05, 0.1) is 5.71 Å². The van der Waals surface area contributed by atoms with Gasteiger partial charge < -0.3 is 4.90 Å². The molecule has 1 aliphatic heterocycles. The third-order valence-electron chi connectivity index (χ3n) is 3.62. The SMILES string of the molecule is CN=C(C1=C(C)CCN(C(C)=O)C1)c1ccccc1. The molecule has 0 saturated carbocycles. The topological polar surface area (TPSA) is 32.7 Å². The van der Waals surface area contributed by atoms with Crippen molar-refractivity contribution in [2.45, 2.75) is 20.3 Å². The lowest BCUT2D eigenvalue weighted by Gasteiger charge is -2.29. The quantitative estimate of drug-likeness (QED) is 0.749. The molecule has 0 aliphatic carbocycles. The lowest BCUT2D eigenvalue weighted by Crippen LogP contribution is -2.37. The van der Waals surface area contributed by atoms with Gasteiger partial charge in [0.1, 0.15) is 0 Å². The van der Waals surface area contributed by atoms with Crippen LogP contribution in [0.2, 0.25) is 0 Å². The molecule has 0 saturated heterocycles. The van der Waals surface area contributed by atoms with Crippen LogP contribution >= 0.6 is 0 Å². The number of amides is 1. The molecule has 3 heteroatoms. The van der Waals surface area contributed by atoms with Crippen molar-refractivity contribution in [2.75, 3.05) is 20.1 Å². The summed E-state index contributed by atoms with van der Waals surface area (Å²) < 4.78 is 0. The van der Waals surface area contributed by atoms with Crippen molar-refractivity contribution in [1.82, 2.24) is 4.90 Å². The number of hydrogen-bond acceptors (Lipinski definition) is 2. The first-order chi connectivity index (χ1) is 9.13. The minimum Gasteiger partial charge on any atom is -0.338 e. The van der Waals surface area contributed by atoms with Gasteiger partial charge in [-0.15, -0.1) is 0 Å². The summed E-state index contributed by atoms with van der Waals surface area (Å²) in [4.78, 5) is 17.9. The largest absolute Gasteiger partial charge is 0.338 e. The first kappa shape index (κ1) is 13.5. The highest BCUT2D eigenvalue weighted by atomic mass is 16.2. The number of carbonyl (C=O) groups is 1. The smallest absolute Gasteiger partial charge is 0.219 e. The van der Waals surface area contributed by atoms with E-state index < -0.39 is 0 Å². The second kappa shape index (κ2) is 5.83. The number of nitrogens with zero attached hydrogens (tertiary/aromatic N) is 2. The van der Waals surface area contributed by atoms with E-state index in [9.17, 15) is 4.79 Å². The lowest BCUT2D eigenvalue weighted by molar-refractivity contribution is -0.128. The molecule has 3 nitrogen and oxygen atoms in total. The van der Waals surface area contributed by atoms with Crippen LogP contribution in [0.4, 0.5) is 0 Å². The zero-order valence-electron chi connectivity index (χ0n) is 11.8. The summed E-state index contributed by atoms with van der Waals surface area (Å²) in [5.74, 6) is 0.133. The van der Waals surface area contributed by atoms with Crippen molar-refractivity contribution in [2.24, 2.45) is 4.99 Å². The summed E-state index contributed by atoms with van der Waals surface area (Å²) in [6, 6.07) is 10.2. The fourth-order valence-corrected chi connectivity index (χ4v) is 2.44. The van der Waals surface area contributed by atoms with E-state index in [1.165, 1.54) is 11.1 Å². The number of hydrogen-bond donors (Lipinski definition) is 0. The molecule has 2 rings (SSSR count). The molecule has 1 amide bonds. The minimum atomic E-state index is 0.133. The first-order valence-corrected chi connectivity index (χ1v) is 6.60. The van der Waals surface area contributed by atoms with E-state index in [-0.39, 0.29) is 5.91 Å². The van der Waals surface area contributed by atoms with E-state index in [0.29, 0.717) is 6.54 Å². The predicted molar refractivity (Wildman–Crippen MR) is 78.5 cm³/mol. The molecule has 1 aromatic rings. The highest BCUT2D eigenvalue weighted by Gasteiger charge is 2.22. The molecule has 1 aromatic carbocycles. The minimum absolute atomic E-state index is 0.133. The van der Waals surface area contributed by atoms with Crippen LogP contribution in [0.5, 0.6) is 0 Å². The Hall–Kier alpha value is -1.90. The summed E-state index contributed by atoms with van der Waals surface area (Å²) in [6.45, 7) is 5.25. The Morgan fingerprint density at radius 3 is 2.53 bits per heavy atom. The van der Waals surface area contributed by atoms with Crippen LogP contribution in [-0.4, -0.2) is 36.7 Å². The van der Waals surface area contributed by atoms with Gasteiger partial charge in [-0.1, -0.05) is 35.9 Å². The van der Waals surface area contributed by atoms with Gasteiger partial charge in [0.15, 0.2) is 0 Å². The molecule has 0 N–H and O–H groups in total. The second-order valence-corrected chi connectivity index (χ2v) is 4.89. The molecule has 1 heterocycles. The molecule has 0 spiro atoms. The highest BCUT2D eigenvalue weighted by molar-refractivity contribution is 6.13. The molecule has 1 aliphatic rings. The molecule has 0 bridgehead atoms. The van der Waals surface area contributed by atoms with Crippen LogP contribution in [0.3, 0.4) is 0 Å². The number of carbonyl (C=O) groups excluding carboxylic acids is 1. The van der Waals surface area contributed by atoms with Gasteiger partial charge in [-0.2, -0.15) is 0 Å². The molecule has 0 radical (unpaired) electrons. The van der Waals surface area contributed by atoms with Crippen LogP contribution in [0, 0.1) is 0 Å². The molecule has 19 heavy (non-hydrogen) atoms. The maximum Gasteiger partial charge on any atom is 0.219 e. The zero-order chi connectivity index (χ0) is 13.8. The van der Waals surface area contributed by atoms with Crippen molar-refractivity contribution in [3.63, 3.8) is 0 Å². The Bertz CT molecular complexity index is 529. The Kier molecular flexibility index (Phi) is 4.15. The van der Waals surface area contributed by atoms with Crippen molar-refractivity contribution < 1.29 is 4.79 Å². The Labute approximate surface area is 114 Å². The van der Waals surface area contributed by atoms with Crippen molar-refractivity contribution in [3.05, 3.63) is 47.0 Å². The number of rotatable bonds is 2. The second-order valence-electron chi connectivity index (χ2n) is 4.89. The van der Waals surface area contributed by atoms with Gasteiger partial charge in [-0.3, -0.25) is 9.79 Å². The normalized spacial score (nSPS) is 16.8. The average molecular weight is 256 g/mol. The van der Waals surface area contributed by atoms with E-state index in [1.54, 1.807) is 6.92 Å². The number of aliphatic imine (C=N–C) groups is 1. The van der Waals surface area contributed by atoms with Crippen molar-refractivity contribution in [3.8, 4) is 0 Å². The van der Waals surface area contributed by atoms with E-state index in [1.807, 2.05) is 30.1 Å². The van der Waals surface area contributed by atoms with Gasteiger partial charge in [0.2, 0.25) is 5.91 Å². The molecular weight excluding hydrogens is 236 g/mol. The van der Waals surface area contributed by atoms with Gasteiger partial charge in [-0.25, -0.2) is 0 Å². The van der Waals surface area contributed by atoms with E-state index in [4.69, 9.17) is 0 Å². The molecule has 0 fully saturated rings. The Morgan fingerprint density at radius 1 is 1.26 bits per heavy atom. The van der Waals surface area contributed by atoms with Crippen LogP contribution in [0.15, 0.2) is 46.5 Å². The monoisotopic (exact) mass is 256 g/mol. The Balaban J connectivity index is 2.35. The van der Waals surface area contributed by atoms with Gasteiger partial charge in [0, 0.05) is 27.1 Å². The fraction of sp³-hybridized carbons (Fsp3) is 0.375. The molecular formula is C16H20N2O. The van der Waals surface area contributed by atoms with Crippen molar-refractivity contribution in [1.29, 1.82) is 0 Å². The first-order valence-electron chi connectivity index (χ1n) is 6.60. The molecule has 0 atom stereocenters. The molecule has 0 aromatic heterocycles. The summed E-state index contributed by atoms with van der Waals surface area (Å²) in [7, 11) is 1.81. The van der Waals surface area contributed by atoms with Crippen molar-refractivity contribution >= 4 is 11.6 Å². The summed E-state index contributed by atoms with van der Waals surface area (Å²) >= 11 is 0. The summed E-state index contributed by atoms with van der Waals surface area (Å²) in [5.41, 5.74) is 4.64. The third-order valence-corrected chi connectivity index (χ3v) is 3.62. The van der Waals surface area contributed by atoms with Gasteiger partial charge >= 0.3 is 0 Å². The zero-order valence-corrected chi connectivity index (χ0v) is 11.8. The van der Waals surface area contributed by atoms with Crippen LogP contribution < -0.4 is 0 Å². The summed E-state index contributed by atoms with van der Waals surface area (Å²) in [6.07, 6.45) is 0.931. The fourth-order valence-electron chi connectivity index (χ4n) is 2.44. The lowest BCUT2D eigenvalue weighted by atomic mass is 9.93. The van der Waals surface area contributed by atoms with Crippen LogP contribution in [-0.2, 0) is 4.79 Å². The maximum atomic E-state index is 11.6. The number of benzene rings is 1. The van der Waals surface area contributed by atoms with E-state index in [0.717, 1.165) is 24.2 Å². The van der Waals surface area contributed by atoms with Crippen LogP contribution in [0.25, 0.3) is 0 Å². The standard InChI is InChI=1S/C16H20N2O/c1-12-9-10-18(13(2)19)11-15(12)16(17-3)14-7-5-4-6-8-14/h4-8H,9-11H2,1-3H3. The van der Waals surface area contributed by atoms with Gasteiger partial charge in [-0.05, 0) is 24.5 Å². The average Bonchev–Trinajstić information content (AvgIpc) is 2.42. The van der Waals surface area contributed by atoms with Gasteiger partial charge in [0.25, 0.3) is 0 Å². The predicted octanol–water partition coefficient (Wildman–Crippen LogP) is 2.67. The maximum absolute atomic E-state index is 11.6. The van der Waals surface area contributed by atoms with Crippen LogP contribution in [0.1, 0.15) is 25.8 Å². The third kappa shape index (κ3) is 2.92. The summed E-state index contributed by atoms with van der Waals surface area (Å²) in [5, 5.41) is 0. The molecule has 0 unspecified atom stereocenters. The Morgan fingerprint density at radius 2 is 1.95 bits per heavy atom. The highest BCUT2D eigenvalue weighted by Crippen LogP contribution is 2.22.